The molecule has 18 heavy (non-hydrogen) atoms. The number of pyridine rings is 1. The van der Waals surface area contributed by atoms with Crippen molar-refractivity contribution in [1.82, 2.24) is 4.98 Å². The molecule has 0 atom stereocenters. The van der Waals surface area contributed by atoms with E-state index in [0.717, 1.165) is 18.4 Å². The first-order chi connectivity index (χ1) is 8.47. The van der Waals surface area contributed by atoms with Crippen LogP contribution in [0.2, 0.25) is 0 Å². The van der Waals surface area contributed by atoms with Crippen LogP contribution in [0.5, 0.6) is 0 Å². The summed E-state index contributed by atoms with van der Waals surface area (Å²) in [4.78, 5) is 16.5. The summed E-state index contributed by atoms with van der Waals surface area (Å²) >= 11 is 0. The average molecular weight is 251 g/mol. The van der Waals surface area contributed by atoms with Crippen LogP contribution in [-0.2, 0) is 0 Å². The maximum Gasteiger partial charge on any atom is 0.311 e. The Morgan fingerprint density at radius 2 is 2.28 bits per heavy atom. The number of aromatic nitrogens is 1. The van der Waals surface area contributed by atoms with E-state index >= 15 is 0 Å². The Morgan fingerprint density at radius 1 is 1.61 bits per heavy atom. The van der Waals surface area contributed by atoms with E-state index in [1.165, 1.54) is 6.07 Å². The summed E-state index contributed by atoms with van der Waals surface area (Å²) in [5.74, 6) is 0.791. The lowest BCUT2D eigenvalue weighted by molar-refractivity contribution is -0.384. The molecule has 0 amide bonds. The molecule has 0 aromatic carbocycles. The van der Waals surface area contributed by atoms with Gasteiger partial charge in [-0.3, -0.25) is 10.1 Å². The lowest BCUT2D eigenvalue weighted by Gasteiger charge is -2.34. The van der Waals surface area contributed by atoms with Crippen LogP contribution in [0.15, 0.2) is 12.3 Å². The first kappa shape index (κ1) is 12.8. The summed E-state index contributed by atoms with van der Waals surface area (Å²) in [6.45, 7) is 2.47. The Kier molecular flexibility index (Phi) is 3.47. The zero-order valence-electron chi connectivity index (χ0n) is 10.5. The molecular formula is C12H17N3O3. The number of aryl methyl sites for hydroxylation is 1. The minimum Gasteiger partial charge on any atom is -0.393 e. The normalized spacial score (nSPS) is 22.4. The molecule has 0 spiro atoms. The minimum atomic E-state index is -0.401. The highest BCUT2D eigenvalue weighted by atomic mass is 16.6. The number of aliphatic hydroxyl groups is 1. The van der Waals surface area contributed by atoms with Crippen LogP contribution in [-0.4, -0.2) is 34.7 Å². The second-order valence-electron chi connectivity index (χ2n) is 4.98. The molecule has 6 nitrogen and oxygen atoms in total. The third-order valence-corrected chi connectivity index (χ3v) is 3.29. The van der Waals surface area contributed by atoms with Crippen molar-refractivity contribution in [3.63, 3.8) is 0 Å². The third kappa shape index (κ3) is 2.59. The summed E-state index contributed by atoms with van der Waals surface area (Å²) in [7, 11) is 1.80. The lowest BCUT2D eigenvalue weighted by Crippen LogP contribution is -2.37. The fourth-order valence-electron chi connectivity index (χ4n) is 2.30. The monoisotopic (exact) mass is 251 g/mol. The van der Waals surface area contributed by atoms with Crippen molar-refractivity contribution < 1.29 is 10.0 Å². The van der Waals surface area contributed by atoms with Gasteiger partial charge in [-0.05, 0) is 31.2 Å². The van der Waals surface area contributed by atoms with Gasteiger partial charge in [0, 0.05) is 25.9 Å². The Hall–Kier alpha value is -1.69. The molecule has 1 aliphatic carbocycles. The van der Waals surface area contributed by atoms with Gasteiger partial charge in [0.05, 0.1) is 11.0 Å². The second-order valence-corrected chi connectivity index (χ2v) is 4.98. The third-order valence-electron chi connectivity index (χ3n) is 3.29. The molecular weight excluding hydrogens is 234 g/mol. The van der Waals surface area contributed by atoms with Gasteiger partial charge in [-0.2, -0.15) is 0 Å². The summed E-state index contributed by atoms with van der Waals surface area (Å²) < 4.78 is 0. The van der Waals surface area contributed by atoms with Gasteiger partial charge < -0.3 is 10.0 Å². The van der Waals surface area contributed by atoms with Gasteiger partial charge in [-0.25, -0.2) is 4.98 Å². The van der Waals surface area contributed by atoms with Crippen LogP contribution in [0.1, 0.15) is 18.4 Å². The van der Waals surface area contributed by atoms with Gasteiger partial charge in [-0.1, -0.05) is 0 Å². The zero-order valence-corrected chi connectivity index (χ0v) is 10.5. The molecule has 1 aliphatic rings. The van der Waals surface area contributed by atoms with Gasteiger partial charge in [0.25, 0.3) is 0 Å². The number of nitro groups is 1. The van der Waals surface area contributed by atoms with Crippen LogP contribution in [0.25, 0.3) is 0 Å². The molecule has 0 saturated heterocycles. The van der Waals surface area contributed by atoms with E-state index in [1.807, 2.05) is 0 Å². The molecule has 0 unspecified atom stereocenters. The van der Waals surface area contributed by atoms with Gasteiger partial charge in [-0.15, -0.1) is 0 Å². The van der Waals surface area contributed by atoms with E-state index in [2.05, 4.69) is 4.98 Å². The van der Waals surface area contributed by atoms with Crippen LogP contribution < -0.4 is 4.90 Å². The fraction of sp³-hybridized carbons (Fsp3) is 0.583. The average Bonchev–Trinajstić information content (AvgIpc) is 2.26. The van der Waals surface area contributed by atoms with Crippen LogP contribution in [0, 0.1) is 23.0 Å². The first-order valence-corrected chi connectivity index (χ1v) is 5.97. The quantitative estimate of drug-likeness (QED) is 0.648. The maximum atomic E-state index is 11.0. The summed E-state index contributed by atoms with van der Waals surface area (Å²) in [6, 6.07) is 1.54. The number of hydrogen-bond acceptors (Lipinski definition) is 5. The van der Waals surface area contributed by atoms with Crippen molar-refractivity contribution in [3.8, 4) is 0 Å². The fourth-order valence-corrected chi connectivity index (χ4v) is 2.30. The highest BCUT2D eigenvalue weighted by Crippen LogP contribution is 2.31. The van der Waals surface area contributed by atoms with Crippen molar-refractivity contribution in [2.24, 2.45) is 5.92 Å². The minimum absolute atomic E-state index is 0.0392. The molecule has 1 saturated carbocycles. The van der Waals surface area contributed by atoms with E-state index in [4.69, 9.17) is 0 Å². The first-order valence-electron chi connectivity index (χ1n) is 5.97. The van der Waals surface area contributed by atoms with Crippen LogP contribution in [0.3, 0.4) is 0 Å². The Morgan fingerprint density at radius 3 is 2.83 bits per heavy atom. The topological polar surface area (TPSA) is 79.5 Å². The lowest BCUT2D eigenvalue weighted by atomic mass is 9.82. The van der Waals surface area contributed by atoms with Crippen molar-refractivity contribution >= 4 is 11.5 Å². The number of rotatable bonds is 4. The summed E-state index contributed by atoms with van der Waals surface area (Å²) in [6.07, 6.45) is 2.96. The van der Waals surface area contributed by atoms with Gasteiger partial charge >= 0.3 is 5.69 Å². The molecule has 0 radical (unpaired) electrons. The largest absolute Gasteiger partial charge is 0.393 e. The molecule has 6 heteroatoms. The van der Waals surface area contributed by atoms with Crippen LogP contribution >= 0.6 is 0 Å². The zero-order chi connectivity index (χ0) is 13.3. The molecule has 1 heterocycles. The molecule has 98 valence electrons. The van der Waals surface area contributed by atoms with Crippen molar-refractivity contribution in [3.05, 3.63) is 27.9 Å². The summed E-state index contributed by atoms with van der Waals surface area (Å²) in [5, 5.41) is 20.2. The number of hydrogen-bond donors (Lipinski definition) is 1. The van der Waals surface area contributed by atoms with E-state index in [0.29, 0.717) is 18.3 Å². The van der Waals surface area contributed by atoms with Gasteiger partial charge in [0.2, 0.25) is 5.82 Å². The Labute approximate surface area is 105 Å². The number of aliphatic hydroxyl groups excluding tert-OH is 1. The molecule has 2 rings (SSSR count). The smallest absolute Gasteiger partial charge is 0.311 e. The van der Waals surface area contributed by atoms with Crippen molar-refractivity contribution in [2.75, 3.05) is 18.5 Å². The number of anilines is 1. The maximum absolute atomic E-state index is 11.0. The van der Waals surface area contributed by atoms with Crippen LogP contribution in [0.4, 0.5) is 11.5 Å². The van der Waals surface area contributed by atoms with E-state index in [-0.39, 0.29) is 11.8 Å². The highest BCUT2D eigenvalue weighted by molar-refractivity contribution is 5.58. The Balaban J connectivity index is 2.13. The Bertz CT molecular complexity index is 458. The van der Waals surface area contributed by atoms with E-state index in [9.17, 15) is 15.2 Å². The molecule has 0 aliphatic heterocycles. The second kappa shape index (κ2) is 4.89. The molecule has 1 fully saturated rings. The molecule has 1 aromatic rings. The molecule has 1 aromatic heterocycles. The van der Waals surface area contributed by atoms with Crippen molar-refractivity contribution in [1.29, 1.82) is 0 Å². The van der Waals surface area contributed by atoms with E-state index < -0.39 is 4.92 Å². The molecule has 1 N–H and O–H groups in total. The highest BCUT2D eigenvalue weighted by Gasteiger charge is 2.29. The van der Waals surface area contributed by atoms with Gasteiger partial charge in [0.15, 0.2) is 0 Å². The standard InChI is InChI=1S/C12H17N3O3/c1-8-3-11(15(17)18)12(13-6-8)14(2)7-9-4-10(16)5-9/h3,6,9-10,16H,4-5,7H2,1-2H3. The predicted octanol–water partition coefficient (Wildman–Crippen LogP) is 1.51. The summed E-state index contributed by atoms with van der Waals surface area (Å²) in [5.41, 5.74) is 0.815. The van der Waals surface area contributed by atoms with E-state index in [1.54, 1.807) is 25.1 Å². The van der Waals surface area contributed by atoms with Gasteiger partial charge in [0.1, 0.15) is 0 Å². The predicted molar refractivity (Wildman–Crippen MR) is 67.6 cm³/mol. The van der Waals surface area contributed by atoms with Crippen molar-refractivity contribution in [2.45, 2.75) is 25.9 Å². The molecule has 0 bridgehead atoms. The SMILES string of the molecule is Cc1cnc(N(C)CC2CC(O)C2)c([N+](=O)[O-])c1. The number of nitrogens with zero attached hydrogens (tertiary/aromatic N) is 3.